The van der Waals surface area contributed by atoms with Crippen molar-refractivity contribution in [1.82, 2.24) is 15.6 Å². The third-order valence-electron chi connectivity index (χ3n) is 4.79. The van der Waals surface area contributed by atoms with Gasteiger partial charge >= 0.3 is 0 Å². The highest BCUT2D eigenvalue weighted by molar-refractivity contribution is 6.31. The molecule has 0 aliphatic heterocycles. The number of carbonyl (C=O) groups excluding carboxylic acids is 1. The molecule has 1 heterocycles. The zero-order valence-corrected chi connectivity index (χ0v) is 18.4. The summed E-state index contributed by atoms with van der Waals surface area (Å²) in [5.41, 5.74) is 5.03. The Labute approximate surface area is 199 Å². The van der Waals surface area contributed by atoms with Crippen LogP contribution in [0.3, 0.4) is 0 Å². The number of ether oxygens (including phenoxy) is 1. The van der Waals surface area contributed by atoms with Crippen molar-refractivity contribution in [3.63, 3.8) is 0 Å². The summed E-state index contributed by atoms with van der Waals surface area (Å²) < 4.78 is 5.96. The minimum absolute atomic E-state index is 0.0658. The zero-order valence-electron chi connectivity index (χ0n) is 17.6. The molecule has 9 nitrogen and oxygen atoms in total. The maximum atomic E-state index is 12.4. The highest BCUT2D eigenvalue weighted by Gasteiger charge is 2.14. The molecule has 0 saturated carbocycles. The number of para-hydroxylation sites is 1. The first-order valence-corrected chi connectivity index (χ1v) is 10.5. The summed E-state index contributed by atoms with van der Waals surface area (Å²) in [4.78, 5) is 22.8. The number of aromatic nitrogens is 2. The van der Waals surface area contributed by atoms with Gasteiger partial charge in [0.15, 0.2) is 0 Å². The molecule has 1 aromatic heterocycles. The molecule has 0 unspecified atom stereocenters. The number of benzene rings is 3. The van der Waals surface area contributed by atoms with Gasteiger partial charge in [-0.3, -0.25) is 20.0 Å². The molecule has 4 aromatic rings. The highest BCUT2D eigenvalue weighted by Crippen LogP contribution is 2.30. The molecule has 10 heteroatoms. The first-order valence-electron chi connectivity index (χ1n) is 10.1. The molecule has 0 aliphatic carbocycles. The summed E-state index contributed by atoms with van der Waals surface area (Å²) in [5, 5.41) is 22.2. The van der Waals surface area contributed by atoms with E-state index in [-0.39, 0.29) is 18.0 Å². The maximum absolute atomic E-state index is 12.4. The van der Waals surface area contributed by atoms with Crippen LogP contribution in [0.5, 0.6) is 5.75 Å². The van der Waals surface area contributed by atoms with Crippen LogP contribution in [0.15, 0.2) is 84.0 Å². The Morgan fingerprint density at radius 1 is 1.12 bits per heavy atom. The smallest absolute Gasteiger partial charge is 0.289 e. The van der Waals surface area contributed by atoms with Gasteiger partial charge < -0.3 is 4.74 Å². The second-order valence-electron chi connectivity index (χ2n) is 7.09. The van der Waals surface area contributed by atoms with Crippen LogP contribution in [0.2, 0.25) is 5.02 Å². The van der Waals surface area contributed by atoms with Gasteiger partial charge in [-0.05, 0) is 24.3 Å². The Balaban J connectivity index is 1.44. The molecule has 2 N–H and O–H groups in total. The van der Waals surface area contributed by atoms with Gasteiger partial charge in [-0.25, -0.2) is 5.43 Å². The van der Waals surface area contributed by atoms with Crippen LogP contribution in [0.4, 0.5) is 5.69 Å². The van der Waals surface area contributed by atoms with Crippen molar-refractivity contribution in [3.05, 3.63) is 111 Å². The van der Waals surface area contributed by atoms with E-state index in [0.29, 0.717) is 27.6 Å². The molecule has 34 heavy (non-hydrogen) atoms. The number of nitrogens with zero attached hydrogens (tertiary/aromatic N) is 3. The van der Waals surface area contributed by atoms with Crippen LogP contribution in [0.1, 0.15) is 21.6 Å². The van der Waals surface area contributed by atoms with Gasteiger partial charge in [0.05, 0.1) is 16.8 Å². The third kappa shape index (κ3) is 5.45. The minimum atomic E-state index is -0.519. The van der Waals surface area contributed by atoms with E-state index in [0.717, 1.165) is 5.56 Å². The number of nitrogens with one attached hydrogen (secondary N) is 2. The normalized spacial score (nSPS) is 10.9. The first kappa shape index (κ1) is 22.7. The fourth-order valence-corrected chi connectivity index (χ4v) is 3.29. The van der Waals surface area contributed by atoms with Gasteiger partial charge in [0.25, 0.3) is 11.6 Å². The number of hydrogen-bond donors (Lipinski definition) is 2. The summed E-state index contributed by atoms with van der Waals surface area (Å²) in [5.74, 6) is 0.0690. The van der Waals surface area contributed by atoms with E-state index in [1.54, 1.807) is 18.2 Å². The maximum Gasteiger partial charge on any atom is 0.289 e. The molecular weight excluding hydrogens is 458 g/mol. The first-order chi connectivity index (χ1) is 16.5. The largest absolute Gasteiger partial charge is 0.488 e. The van der Waals surface area contributed by atoms with E-state index in [1.165, 1.54) is 24.4 Å². The van der Waals surface area contributed by atoms with Crippen LogP contribution < -0.4 is 10.2 Å². The van der Waals surface area contributed by atoms with Crippen LogP contribution in [-0.4, -0.2) is 27.2 Å². The molecule has 0 spiro atoms. The summed E-state index contributed by atoms with van der Waals surface area (Å²) in [6.45, 7) is 0.279. The lowest BCUT2D eigenvalue weighted by atomic mass is 10.1. The average Bonchev–Trinajstić information content (AvgIpc) is 3.34. The Bertz CT molecular complexity index is 1370. The quantitative estimate of drug-likeness (QED) is 0.211. The lowest BCUT2D eigenvalue weighted by Crippen LogP contribution is -2.18. The van der Waals surface area contributed by atoms with E-state index in [4.69, 9.17) is 16.3 Å². The van der Waals surface area contributed by atoms with Gasteiger partial charge in [0, 0.05) is 33.8 Å². The van der Waals surface area contributed by atoms with E-state index in [2.05, 4.69) is 20.7 Å². The molecule has 0 bridgehead atoms. The summed E-state index contributed by atoms with van der Waals surface area (Å²) in [6.07, 6.45) is 1.32. The summed E-state index contributed by atoms with van der Waals surface area (Å²) >= 11 is 6.20. The van der Waals surface area contributed by atoms with Gasteiger partial charge in [0.2, 0.25) is 0 Å². The molecule has 0 aliphatic rings. The standard InChI is InChI=1S/C24H18ClN5O4/c25-20-10-3-1-7-17(20)15-34-23-11-4-2-9-19(23)21-13-22(28-27-21)24(31)29-26-14-16-6-5-8-18(12-16)30(32)33/h1-14H,15H2,(H,27,28)(H,29,31)/b26-14-. The van der Waals surface area contributed by atoms with Gasteiger partial charge in [-0.1, -0.05) is 54.1 Å². The van der Waals surface area contributed by atoms with Crippen molar-refractivity contribution in [2.75, 3.05) is 0 Å². The van der Waals surface area contributed by atoms with E-state index < -0.39 is 10.8 Å². The van der Waals surface area contributed by atoms with Crippen molar-refractivity contribution in [2.24, 2.45) is 5.10 Å². The van der Waals surface area contributed by atoms with Crippen LogP contribution in [0.25, 0.3) is 11.3 Å². The molecule has 0 radical (unpaired) electrons. The van der Waals surface area contributed by atoms with Crippen LogP contribution >= 0.6 is 11.6 Å². The number of amides is 1. The Morgan fingerprint density at radius 3 is 2.74 bits per heavy atom. The predicted octanol–water partition coefficient (Wildman–Crippen LogP) is 4.98. The van der Waals surface area contributed by atoms with Crippen LogP contribution in [-0.2, 0) is 6.61 Å². The number of nitro groups is 1. The molecule has 4 rings (SSSR count). The third-order valence-corrected chi connectivity index (χ3v) is 5.16. The second-order valence-corrected chi connectivity index (χ2v) is 7.50. The molecule has 0 fully saturated rings. The molecular formula is C24H18ClN5O4. The second kappa shape index (κ2) is 10.4. The van der Waals surface area contributed by atoms with Gasteiger partial charge in [0.1, 0.15) is 18.1 Å². The number of aromatic amines is 1. The number of hydrazone groups is 1. The lowest BCUT2D eigenvalue weighted by Gasteiger charge is -2.11. The Morgan fingerprint density at radius 2 is 1.91 bits per heavy atom. The zero-order chi connectivity index (χ0) is 23.9. The average molecular weight is 476 g/mol. The highest BCUT2D eigenvalue weighted by atomic mass is 35.5. The Hall–Kier alpha value is -4.50. The number of hydrogen-bond acceptors (Lipinski definition) is 6. The molecule has 1 amide bonds. The SMILES string of the molecule is O=C(N/N=C\c1cccc([N+](=O)[O-])c1)c1cc(-c2ccccc2OCc2ccccc2Cl)n[nH]1. The van der Waals surface area contributed by atoms with Gasteiger partial charge in [-0.2, -0.15) is 10.2 Å². The topological polar surface area (TPSA) is 123 Å². The van der Waals surface area contributed by atoms with Crippen molar-refractivity contribution in [3.8, 4) is 17.0 Å². The lowest BCUT2D eigenvalue weighted by molar-refractivity contribution is -0.384. The van der Waals surface area contributed by atoms with E-state index in [1.807, 2.05) is 42.5 Å². The number of H-pyrrole nitrogens is 1. The monoisotopic (exact) mass is 475 g/mol. The van der Waals surface area contributed by atoms with E-state index in [9.17, 15) is 14.9 Å². The van der Waals surface area contributed by atoms with Crippen molar-refractivity contribution in [2.45, 2.75) is 6.61 Å². The number of non-ortho nitro benzene ring substituents is 1. The fourth-order valence-electron chi connectivity index (χ4n) is 3.10. The van der Waals surface area contributed by atoms with Gasteiger partial charge in [-0.15, -0.1) is 0 Å². The number of halogens is 1. The Kier molecular flexibility index (Phi) is 6.95. The predicted molar refractivity (Wildman–Crippen MR) is 128 cm³/mol. The number of nitro benzene ring substituents is 1. The molecule has 170 valence electrons. The van der Waals surface area contributed by atoms with E-state index >= 15 is 0 Å². The minimum Gasteiger partial charge on any atom is -0.488 e. The van der Waals surface area contributed by atoms with Crippen molar-refractivity contribution in [1.29, 1.82) is 0 Å². The molecule has 0 atom stereocenters. The summed E-state index contributed by atoms with van der Waals surface area (Å²) in [7, 11) is 0. The van der Waals surface area contributed by atoms with Crippen molar-refractivity contribution >= 4 is 29.4 Å². The number of rotatable bonds is 8. The molecule has 3 aromatic carbocycles. The van der Waals surface area contributed by atoms with Crippen LogP contribution in [0, 0.1) is 10.1 Å². The molecule has 0 saturated heterocycles. The number of carbonyl (C=O) groups is 1. The summed E-state index contributed by atoms with van der Waals surface area (Å²) in [6, 6.07) is 22.2. The van der Waals surface area contributed by atoms with Crippen molar-refractivity contribution < 1.29 is 14.5 Å². The fraction of sp³-hybridized carbons (Fsp3) is 0.0417.